The number of rotatable bonds is 4. The number of carbonyl (C=O) groups is 1. The van der Waals surface area contributed by atoms with Gasteiger partial charge in [0.1, 0.15) is 6.04 Å². The van der Waals surface area contributed by atoms with Crippen LogP contribution in [0.1, 0.15) is 20.8 Å². The number of amides is 1. The number of benzene rings is 1. The maximum absolute atomic E-state index is 12.6. The quantitative estimate of drug-likeness (QED) is 0.732. The number of hydrogen-bond donors (Lipinski definition) is 1. The number of hydrogen-bond acceptors (Lipinski definition) is 6. The van der Waals surface area contributed by atoms with E-state index in [-0.39, 0.29) is 18.0 Å². The molecule has 0 fully saturated rings. The summed E-state index contributed by atoms with van der Waals surface area (Å²) in [5.74, 6) is 0.607. The molecule has 3 heterocycles. The van der Waals surface area contributed by atoms with Crippen LogP contribution in [0.25, 0.3) is 11.3 Å². The topological polar surface area (TPSA) is 74.2 Å². The van der Waals surface area contributed by atoms with E-state index in [0.717, 1.165) is 28.3 Å². The van der Waals surface area contributed by atoms with E-state index in [1.807, 2.05) is 44.3 Å². The van der Waals surface area contributed by atoms with Gasteiger partial charge >= 0.3 is 0 Å². The summed E-state index contributed by atoms with van der Waals surface area (Å²) >= 11 is 0. The molecule has 1 aliphatic rings. The molecule has 1 N–H and O–H groups in total. The lowest BCUT2D eigenvalue weighted by Crippen LogP contribution is -2.53. The largest absolute Gasteiger partial charge is 0.356 e. The zero-order chi connectivity index (χ0) is 20.5. The van der Waals surface area contributed by atoms with E-state index >= 15 is 0 Å². The molecular weight excluding hydrogens is 364 g/mol. The first-order chi connectivity index (χ1) is 14.0. The minimum absolute atomic E-state index is 0.0967. The molecule has 1 atom stereocenters. The Kier molecular flexibility index (Phi) is 4.88. The predicted octanol–water partition coefficient (Wildman–Crippen LogP) is 3.86. The number of aromatic nitrogens is 3. The Bertz CT molecular complexity index is 1040. The SMILES string of the molecule is CC(C)N1c2cc(Nc3nccc(-c4cccnc4)n3)ccc2N(C)C(=O)C1C. The Morgan fingerprint density at radius 2 is 1.93 bits per heavy atom. The summed E-state index contributed by atoms with van der Waals surface area (Å²) in [6, 6.07) is 11.6. The third-order valence-electron chi connectivity index (χ3n) is 5.15. The van der Waals surface area contributed by atoms with Gasteiger partial charge in [0.15, 0.2) is 0 Å². The third kappa shape index (κ3) is 3.51. The van der Waals surface area contributed by atoms with Crippen LogP contribution in [0, 0.1) is 0 Å². The van der Waals surface area contributed by atoms with Crippen molar-refractivity contribution in [2.24, 2.45) is 0 Å². The normalized spacial score (nSPS) is 16.2. The highest BCUT2D eigenvalue weighted by molar-refractivity contribution is 6.05. The molecule has 1 aliphatic heterocycles. The van der Waals surface area contributed by atoms with Gasteiger partial charge in [-0.25, -0.2) is 9.97 Å². The van der Waals surface area contributed by atoms with E-state index in [0.29, 0.717) is 5.95 Å². The van der Waals surface area contributed by atoms with Crippen LogP contribution in [0.2, 0.25) is 0 Å². The van der Waals surface area contributed by atoms with Crippen LogP contribution < -0.4 is 15.1 Å². The zero-order valence-electron chi connectivity index (χ0n) is 17.0. The number of fused-ring (bicyclic) bond motifs is 1. The lowest BCUT2D eigenvalue weighted by molar-refractivity contribution is -0.119. The predicted molar refractivity (Wildman–Crippen MR) is 115 cm³/mol. The summed E-state index contributed by atoms with van der Waals surface area (Å²) < 4.78 is 0. The molecule has 3 aromatic rings. The van der Waals surface area contributed by atoms with Gasteiger partial charge in [0, 0.05) is 42.9 Å². The molecule has 4 rings (SSSR count). The molecule has 0 bridgehead atoms. The fourth-order valence-electron chi connectivity index (χ4n) is 3.77. The highest BCUT2D eigenvalue weighted by Crippen LogP contribution is 2.39. The van der Waals surface area contributed by atoms with Gasteiger partial charge in [-0.2, -0.15) is 0 Å². The van der Waals surface area contributed by atoms with Crippen molar-refractivity contribution < 1.29 is 4.79 Å². The summed E-state index contributed by atoms with van der Waals surface area (Å²) in [5, 5.41) is 3.29. The first-order valence-corrected chi connectivity index (χ1v) is 9.66. The summed E-state index contributed by atoms with van der Waals surface area (Å²) in [7, 11) is 1.82. The average molecular weight is 388 g/mol. The van der Waals surface area contributed by atoms with Crippen molar-refractivity contribution in [3.63, 3.8) is 0 Å². The number of nitrogens with one attached hydrogen (secondary N) is 1. The van der Waals surface area contributed by atoms with Gasteiger partial charge in [0.2, 0.25) is 11.9 Å². The summed E-state index contributed by atoms with van der Waals surface area (Å²) in [4.78, 5) is 29.6. The van der Waals surface area contributed by atoms with E-state index < -0.39 is 0 Å². The first kappa shape index (κ1) is 18.9. The van der Waals surface area contributed by atoms with Crippen molar-refractivity contribution in [3.8, 4) is 11.3 Å². The smallest absolute Gasteiger partial charge is 0.249 e. The van der Waals surface area contributed by atoms with E-state index in [2.05, 4.69) is 45.1 Å². The molecule has 0 saturated heterocycles. The van der Waals surface area contributed by atoms with E-state index in [1.165, 1.54) is 0 Å². The molecule has 0 saturated carbocycles. The van der Waals surface area contributed by atoms with E-state index in [9.17, 15) is 4.79 Å². The highest BCUT2D eigenvalue weighted by Gasteiger charge is 2.34. The van der Waals surface area contributed by atoms with Crippen LogP contribution >= 0.6 is 0 Å². The molecule has 1 amide bonds. The van der Waals surface area contributed by atoms with Crippen LogP contribution in [-0.4, -0.2) is 40.0 Å². The highest BCUT2D eigenvalue weighted by atomic mass is 16.2. The number of pyridine rings is 1. The van der Waals surface area contributed by atoms with Crippen LogP contribution in [0.5, 0.6) is 0 Å². The second-order valence-electron chi connectivity index (χ2n) is 7.41. The van der Waals surface area contributed by atoms with E-state index in [4.69, 9.17) is 0 Å². The number of anilines is 4. The number of nitrogens with zero attached hydrogens (tertiary/aromatic N) is 5. The molecule has 0 aliphatic carbocycles. The molecule has 2 aromatic heterocycles. The van der Waals surface area contributed by atoms with Crippen molar-refractivity contribution in [1.82, 2.24) is 15.0 Å². The molecule has 148 valence electrons. The standard InChI is InChI=1S/C22H24N6O/c1-14(2)28-15(3)21(29)27(4)19-8-7-17(12-20(19)28)25-22-24-11-9-18(26-22)16-6-5-10-23-13-16/h5-15H,1-4H3,(H,24,25,26). The van der Waals surface area contributed by atoms with Crippen molar-refractivity contribution in [1.29, 1.82) is 0 Å². The van der Waals surface area contributed by atoms with Gasteiger partial charge in [-0.05, 0) is 57.2 Å². The third-order valence-corrected chi connectivity index (χ3v) is 5.15. The van der Waals surface area contributed by atoms with Crippen molar-refractivity contribution in [2.45, 2.75) is 32.9 Å². The fraction of sp³-hybridized carbons (Fsp3) is 0.273. The monoisotopic (exact) mass is 388 g/mol. The number of likely N-dealkylation sites (N-methyl/N-ethyl adjacent to an activating group) is 1. The van der Waals surface area contributed by atoms with Gasteiger partial charge in [0.25, 0.3) is 0 Å². The fourth-order valence-corrected chi connectivity index (χ4v) is 3.77. The average Bonchev–Trinajstić information content (AvgIpc) is 2.73. The van der Waals surface area contributed by atoms with E-state index in [1.54, 1.807) is 23.5 Å². The Morgan fingerprint density at radius 3 is 2.66 bits per heavy atom. The summed E-state index contributed by atoms with van der Waals surface area (Å²) in [6.07, 6.45) is 5.24. The molecular formula is C22H24N6O. The van der Waals surface area contributed by atoms with Gasteiger partial charge in [-0.3, -0.25) is 9.78 Å². The lowest BCUT2D eigenvalue weighted by atomic mass is 10.0. The van der Waals surface area contributed by atoms with Crippen molar-refractivity contribution >= 4 is 28.9 Å². The molecule has 0 spiro atoms. The molecule has 29 heavy (non-hydrogen) atoms. The van der Waals surface area contributed by atoms with Gasteiger partial charge in [0.05, 0.1) is 17.1 Å². The maximum Gasteiger partial charge on any atom is 0.249 e. The van der Waals surface area contributed by atoms with Crippen LogP contribution in [0.15, 0.2) is 55.0 Å². The van der Waals surface area contributed by atoms with Crippen molar-refractivity contribution in [3.05, 3.63) is 55.0 Å². The molecule has 1 unspecified atom stereocenters. The second-order valence-corrected chi connectivity index (χ2v) is 7.41. The maximum atomic E-state index is 12.6. The van der Waals surface area contributed by atoms with Crippen LogP contribution in [0.4, 0.5) is 23.0 Å². The van der Waals surface area contributed by atoms with Gasteiger partial charge < -0.3 is 15.1 Å². The van der Waals surface area contributed by atoms with Crippen LogP contribution in [-0.2, 0) is 4.79 Å². The second kappa shape index (κ2) is 7.50. The summed E-state index contributed by atoms with van der Waals surface area (Å²) in [5.41, 5.74) is 4.52. The summed E-state index contributed by atoms with van der Waals surface area (Å²) in [6.45, 7) is 6.14. The molecule has 0 radical (unpaired) electrons. The Morgan fingerprint density at radius 1 is 1.10 bits per heavy atom. The Balaban J connectivity index is 1.67. The molecule has 7 heteroatoms. The first-order valence-electron chi connectivity index (χ1n) is 9.66. The van der Waals surface area contributed by atoms with Gasteiger partial charge in [-0.1, -0.05) is 0 Å². The minimum Gasteiger partial charge on any atom is -0.356 e. The lowest BCUT2D eigenvalue weighted by Gasteiger charge is -2.42. The van der Waals surface area contributed by atoms with Gasteiger partial charge in [-0.15, -0.1) is 0 Å². The number of carbonyl (C=O) groups excluding carboxylic acids is 1. The Labute approximate surface area is 170 Å². The van der Waals surface area contributed by atoms with Crippen molar-refractivity contribution in [2.75, 3.05) is 22.2 Å². The zero-order valence-corrected chi connectivity index (χ0v) is 17.0. The minimum atomic E-state index is -0.215. The van der Waals surface area contributed by atoms with Crippen LogP contribution in [0.3, 0.4) is 0 Å². The molecule has 1 aromatic carbocycles. The Hall–Kier alpha value is -3.48. The molecule has 7 nitrogen and oxygen atoms in total.